The predicted octanol–water partition coefficient (Wildman–Crippen LogP) is 4.73. The van der Waals surface area contributed by atoms with Gasteiger partial charge in [0.1, 0.15) is 35.0 Å². The van der Waals surface area contributed by atoms with Gasteiger partial charge in [-0.05, 0) is 52.8 Å². The van der Waals surface area contributed by atoms with E-state index in [-0.39, 0.29) is 28.9 Å². The maximum absolute atomic E-state index is 14.7. The van der Waals surface area contributed by atoms with Crippen molar-refractivity contribution in [2.45, 2.75) is 51.1 Å². The van der Waals surface area contributed by atoms with Crippen molar-refractivity contribution < 1.29 is 32.1 Å². The van der Waals surface area contributed by atoms with Gasteiger partial charge in [-0.2, -0.15) is 13.2 Å². The second-order valence-corrected chi connectivity index (χ2v) is 8.56. The lowest BCUT2D eigenvalue weighted by Gasteiger charge is -2.19. The summed E-state index contributed by atoms with van der Waals surface area (Å²) in [6.45, 7) is 5.92. The van der Waals surface area contributed by atoms with E-state index in [1.165, 1.54) is 20.1 Å². The summed E-state index contributed by atoms with van der Waals surface area (Å²) in [4.78, 5) is 5.74. The topological polar surface area (TPSA) is 78.3 Å². The smallest absolute Gasteiger partial charge is 0.421 e. The van der Waals surface area contributed by atoms with E-state index in [1.807, 2.05) is 19.0 Å². The average molecular weight is 503 g/mol. The monoisotopic (exact) mass is 502 g/mol. The summed E-state index contributed by atoms with van der Waals surface area (Å²) in [5, 5.41) is 15.8. The number of amidine groups is 1. The van der Waals surface area contributed by atoms with Crippen LogP contribution < -0.4 is 15.4 Å². The summed E-state index contributed by atoms with van der Waals surface area (Å²) >= 11 is 0. The fraction of sp³-hybridized carbons (Fsp3) is 0.542. The van der Waals surface area contributed by atoms with E-state index in [9.17, 15) is 22.7 Å². The predicted molar refractivity (Wildman–Crippen MR) is 128 cm³/mol. The molecule has 0 saturated heterocycles. The SMILES string of the molecule is C=C(OC1CCCC1)/C(=C\N=C(C)Nc1cc(F)c(C(O)NCCN(C)C)cc1OC)C(F)(F)F. The van der Waals surface area contributed by atoms with Gasteiger partial charge in [-0.25, -0.2) is 9.38 Å². The van der Waals surface area contributed by atoms with Crippen LogP contribution in [0.2, 0.25) is 0 Å². The number of likely N-dealkylation sites (N-methyl/N-ethyl adjacent to an activating group) is 1. The highest BCUT2D eigenvalue weighted by molar-refractivity contribution is 5.95. The number of ether oxygens (including phenoxy) is 2. The first-order valence-corrected chi connectivity index (χ1v) is 11.3. The zero-order valence-corrected chi connectivity index (χ0v) is 20.5. The Hall–Kier alpha value is -2.63. The number of alkyl halides is 3. The molecule has 2 rings (SSSR count). The zero-order chi connectivity index (χ0) is 26.2. The Morgan fingerprint density at radius 2 is 1.97 bits per heavy atom. The number of aliphatic hydroxyl groups excluding tert-OH is 1. The lowest BCUT2D eigenvalue weighted by atomic mass is 10.1. The maximum Gasteiger partial charge on any atom is 0.421 e. The Kier molecular flexibility index (Phi) is 10.5. The first-order valence-electron chi connectivity index (χ1n) is 11.3. The molecule has 1 aromatic rings. The second-order valence-electron chi connectivity index (χ2n) is 8.56. The minimum absolute atomic E-state index is 0.0274. The molecule has 0 spiro atoms. The molecule has 1 fully saturated rings. The third-order valence-corrected chi connectivity index (χ3v) is 5.43. The number of rotatable bonds is 11. The van der Waals surface area contributed by atoms with Crippen LogP contribution in [0, 0.1) is 5.82 Å². The largest absolute Gasteiger partial charge is 0.495 e. The normalized spacial score (nSPS) is 16.5. The molecule has 0 amide bonds. The van der Waals surface area contributed by atoms with E-state index in [1.54, 1.807) is 0 Å². The molecule has 1 atom stereocenters. The number of benzene rings is 1. The molecule has 0 aliphatic heterocycles. The minimum Gasteiger partial charge on any atom is -0.495 e. The first-order chi connectivity index (χ1) is 16.4. The fourth-order valence-electron chi connectivity index (χ4n) is 3.54. The van der Waals surface area contributed by atoms with Gasteiger partial charge in [0.05, 0.1) is 18.9 Å². The Labute approximate surface area is 203 Å². The van der Waals surface area contributed by atoms with E-state index in [0.717, 1.165) is 18.9 Å². The summed E-state index contributed by atoms with van der Waals surface area (Å²) in [7, 11) is 5.09. The van der Waals surface area contributed by atoms with E-state index in [2.05, 4.69) is 22.2 Å². The van der Waals surface area contributed by atoms with Gasteiger partial charge in [0.2, 0.25) is 0 Å². The highest BCUT2D eigenvalue weighted by atomic mass is 19.4. The number of nitrogens with one attached hydrogen (secondary N) is 2. The van der Waals surface area contributed by atoms with Gasteiger partial charge in [0.25, 0.3) is 0 Å². The molecule has 1 unspecified atom stereocenters. The Balaban J connectivity index is 2.18. The van der Waals surface area contributed by atoms with Crippen molar-refractivity contribution in [2.24, 2.45) is 4.99 Å². The van der Waals surface area contributed by atoms with Gasteiger partial charge in [0, 0.05) is 30.9 Å². The van der Waals surface area contributed by atoms with Crippen LogP contribution in [0.25, 0.3) is 0 Å². The molecule has 3 N–H and O–H groups in total. The molecule has 1 aliphatic carbocycles. The van der Waals surface area contributed by atoms with Crippen LogP contribution >= 0.6 is 0 Å². The van der Waals surface area contributed by atoms with E-state index in [0.29, 0.717) is 32.1 Å². The van der Waals surface area contributed by atoms with E-state index < -0.39 is 29.6 Å². The van der Waals surface area contributed by atoms with Crippen molar-refractivity contribution in [3.8, 4) is 5.75 Å². The summed E-state index contributed by atoms with van der Waals surface area (Å²) in [6, 6.07) is 2.40. The van der Waals surface area contributed by atoms with Crippen LogP contribution in [0.1, 0.15) is 44.4 Å². The quantitative estimate of drug-likeness (QED) is 0.101. The first kappa shape index (κ1) is 28.6. The van der Waals surface area contributed by atoms with E-state index in [4.69, 9.17) is 9.47 Å². The highest BCUT2D eigenvalue weighted by Crippen LogP contribution is 2.34. The number of hydrogen-bond acceptors (Lipinski definition) is 6. The van der Waals surface area contributed by atoms with Crippen molar-refractivity contribution in [2.75, 3.05) is 39.6 Å². The minimum atomic E-state index is -4.71. The molecule has 0 bridgehead atoms. The molecule has 196 valence electrons. The van der Waals surface area contributed by atoms with Crippen LogP contribution in [0.15, 0.2) is 41.2 Å². The highest BCUT2D eigenvalue weighted by Gasteiger charge is 2.37. The molecule has 11 heteroatoms. The fourth-order valence-corrected chi connectivity index (χ4v) is 3.54. The third kappa shape index (κ3) is 8.83. The van der Waals surface area contributed by atoms with Gasteiger partial charge in [0.15, 0.2) is 0 Å². The molecular weight excluding hydrogens is 468 g/mol. The van der Waals surface area contributed by atoms with Gasteiger partial charge >= 0.3 is 6.18 Å². The zero-order valence-electron chi connectivity index (χ0n) is 20.5. The van der Waals surface area contributed by atoms with E-state index >= 15 is 0 Å². The molecular formula is C24H34F4N4O3. The molecule has 1 aliphatic rings. The van der Waals surface area contributed by atoms with Crippen molar-refractivity contribution in [1.29, 1.82) is 0 Å². The number of hydrogen-bond donors (Lipinski definition) is 3. The number of nitrogens with zero attached hydrogens (tertiary/aromatic N) is 2. The van der Waals surface area contributed by atoms with Crippen molar-refractivity contribution >= 4 is 11.5 Å². The molecule has 0 aromatic heterocycles. The van der Waals surface area contributed by atoms with Crippen LogP contribution in [-0.2, 0) is 4.74 Å². The second kappa shape index (κ2) is 12.9. The Morgan fingerprint density at radius 3 is 2.54 bits per heavy atom. The molecule has 0 heterocycles. The summed E-state index contributed by atoms with van der Waals surface area (Å²) in [5.41, 5.74) is -0.982. The summed E-state index contributed by atoms with van der Waals surface area (Å²) in [5.74, 6) is -0.977. The number of aliphatic hydroxyl groups is 1. The van der Waals surface area contributed by atoms with Crippen molar-refractivity contribution in [3.63, 3.8) is 0 Å². The lowest BCUT2D eigenvalue weighted by molar-refractivity contribution is -0.0953. The van der Waals surface area contributed by atoms with Gasteiger partial charge < -0.3 is 24.8 Å². The standard InChI is InChI=1S/C24H34F4N4O3/c1-15(35-17-8-6-7-9-17)19(24(26,27)28)14-30-16(2)31-21-13-20(25)18(12-22(21)34-5)23(33)29-10-11-32(3)4/h12-14,17,23,29,33H,1,6-11H2,2-5H3,(H,30,31)/b19-14+. The lowest BCUT2D eigenvalue weighted by Crippen LogP contribution is -2.30. The average Bonchev–Trinajstić information content (AvgIpc) is 3.25. The molecule has 35 heavy (non-hydrogen) atoms. The number of halogens is 4. The molecule has 0 radical (unpaired) electrons. The summed E-state index contributed by atoms with van der Waals surface area (Å²) < 4.78 is 66.0. The summed E-state index contributed by atoms with van der Waals surface area (Å²) in [6.07, 6.45) is -2.43. The number of methoxy groups -OCH3 is 1. The van der Waals surface area contributed by atoms with Crippen molar-refractivity contribution in [1.82, 2.24) is 10.2 Å². The van der Waals surface area contributed by atoms with Gasteiger partial charge in [-0.3, -0.25) is 5.32 Å². The van der Waals surface area contributed by atoms with Crippen LogP contribution in [-0.4, -0.2) is 62.4 Å². The van der Waals surface area contributed by atoms with Crippen molar-refractivity contribution in [3.05, 3.63) is 47.6 Å². The molecule has 1 saturated carbocycles. The van der Waals surface area contributed by atoms with Gasteiger partial charge in [-0.1, -0.05) is 6.58 Å². The number of aliphatic imine (C=N–C) groups is 1. The van der Waals surface area contributed by atoms with Crippen LogP contribution in [0.4, 0.5) is 23.2 Å². The third-order valence-electron chi connectivity index (χ3n) is 5.43. The molecule has 7 nitrogen and oxygen atoms in total. The number of anilines is 1. The van der Waals surface area contributed by atoms with Crippen LogP contribution in [0.3, 0.4) is 0 Å². The maximum atomic E-state index is 14.7. The number of allylic oxidation sites excluding steroid dienone is 1. The van der Waals surface area contributed by atoms with Gasteiger partial charge in [-0.15, -0.1) is 0 Å². The Bertz CT molecular complexity index is 926. The van der Waals surface area contributed by atoms with Crippen LogP contribution in [0.5, 0.6) is 5.75 Å². The molecule has 1 aromatic carbocycles. The Morgan fingerprint density at radius 1 is 1.31 bits per heavy atom.